The van der Waals surface area contributed by atoms with E-state index in [4.69, 9.17) is 0 Å². The molecule has 0 spiro atoms. The molecule has 1 saturated heterocycles. The van der Waals surface area contributed by atoms with Crippen LogP contribution >= 0.6 is 0 Å². The number of rotatable bonds is 6. The molecule has 0 N–H and O–H groups in total. The third-order valence-corrected chi connectivity index (χ3v) is 7.19. The van der Waals surface area contributed by atoms with Gasteiger partial charge in [-0.3, -0.25) is 4.79 Å². The van der Waals surface area contributed by atoms with Crippen molar-refractivity contribution in [1.29, 1.82) is 0 Å². The second kappa shape index (κ2) is 7.87. The number of amides is 1. The van der Waals surface area contributed by atoms with Crippen LogP contribution in [0.15, 0.2) is 30.3 Å². The van der Waals surface area contributed by atoms with Gasteiger partial charge >= 0.3 is 0 Å². The predicted molar refractivity (Wildman–Crippen MR) is 101 cm³/mol. The van der Waals surface area contributed by atoms with Crippen molar-refractivity contribution in [3.8, 4) is 0 Å². The summed E-state index contributed by atoms with van der Waals surface area (Å²) in [5.74, 6) is 0.266. The molecule has 0 aliphatic carbocycles. The van der Waals surface area contributed by atoms with Gasteiger partial charge in [0.1, 0.15) is 0 Å². The molecular formula is C19H30N2O3S. The van der Waals surface area contributed by atoms with E-state index in [1.165, 1.54) is 4.31 Å². The summed E-state index contributed by atoms with van der Waals surface area (Å²) in [6.45, 7) is 7.09. The van der Waals surface area contributed by atoms with Crippen LogP contribution in [-0.2, 0) is 20.2 Å². The van der Waals surface area contributed by atoms with Crippen molar-refractivity contribution in [3.63, 3.8) is 0 Å². The van der Waals surface area contributed by atoms with Gasteiger partial charge in [0, 0.05) is 32.6 Å². The molecule has 1 aliphatic rings. The average molecular weight is 367 g/mol. The van der Waals surface area contributed by atoms with E-state index >= 15 is 0 Å². The summed E-state index contributed by atoms with van der Waals surface area (Å²) in [6, 6.07) is 10.1. The molecular weight excluding hydrogens is 336 g/mol. The number of piperidine rings is 1. The molecule has 1 aromatic rings. The van der Waals surface area contributed by atoms with Crippen LogP contribution in [0, 0.1) is 0 Å². The van der Waals surface area contributed by atoms with E-state index in [9.17, 15) is 13.2 Å². The molecule has 0 unspecified atom stereocenters. The Bertz CT molecular complexity index is 678. The predicted octanol–water partition coefficient (Wildman–Crippen LogP) is 2.63. The molecule has 0 bridgehead atoms. The van der Waals surface area contributed by atoms with Gasteiger partial charge in [-0.2, -0.15) is 0 Å². The molecule has 5 nitrogen and oxygen atoms in total. The Morgan fingerprint density at radius 3 is 2.28 bits per heavy atom. The minimum atomic E-state index is -3.17. The van der Waals surface area contributed by atoms with Crippen LogP contribution in [0.3, 0.4) is 0 Å². The van der Waals surface area contributed by atoms with Gasteiger partial charge in [0.25, 0.3) is 0 Å². The molecule has 6 heteroatoms. The van der Waals surface area contributed by atoms with Gasteiger partial charge < -0.3 is 4.90 Å². The first-order valence-corrected chi connectivity index (χ1v) is 10.6. The molecule has 140 valence electrons. The number of carbonyl (C=O) groups excluding carboxylic acids is 1. The van der Waals surface area contributed by atoms with Gasteiger partial charge in [0.2, 0.25) is 15.9 Å². The topological polar surface area (TPSA) is 57.7 Å². The second-order valence-corrected chi connectivity index (χ2v) is 9.77. The number of nitrogens with zero attached hydrogens (tertiary/aromatic N) is 2. The van der Waals surface area contributed by atoms with Crippen LogP contribution in [0.5, 0.6) is 0 Å². The Morgan fingerprint density at radius 2 is 1.76 bits per heavy atom. The summed E-state index contributed by atoms with van der Waals surface area (Å²) in [5.41, 5.74) is 0.948. The maximum atomic E-state index is 12.7. The number of sulfonamides is 1. The Labute approximate surface area is 152 Å². The number of carbonyl (C=O) groups is 1. The molecule has 25 heavy (non-hydrogen) atoms. The monoisotopic (exact) mass is 366 g/mol. The van der Waals surface area contributed by atoms with E-state index in [1.807, 2.05) is 23.1 Å². The van der Waals surface area contributed by atoms with E-state index in [0.717, 1.165) is 5.56 Å². The van der Waals surface area contributed by atoms with E-state index in [-0.39, 0.29) is 23.1 Å². The second-order valence-electron chi connectivity index (χ2n) is 7.46. The molecule has 1 aromatic carbocycles. The van der Waals surface area contributed by atoms with Crippen molar-refractivity contribution >= 4 is 15.9 Å². The van der Waals surface area contributed by atoms with Crippen molar-refractivity contribution in [1.82, 2.24) is 9.21 Å². The summed E-state index contributed by atoms with van der Waals surface area (Å²) in [4.78, 5) is 14.6. The summed E-state index contributed by atoms with van der Waals surface area (Å²) in [6.07, 6.45) is 1.87. The largest absolute Gasteiger partial charge is 0.343 e. The zero-order chi connectivity index (χ0) is 18.7. The number of likely N-dealkylation sites (tertiary alicyclic amines) is 1. The summed E-state index contributed by atoms with van der Waals surface area (Å²) < 4.78 is 25.5. The highest BCUT2D eigenvalue weighted by Crippen LogP contribution is 2.28. The van der Waals surface area contributed by atoms with Crippen LogP contribution in [0.4, 0.5) is 0 Å². The highest BCUT2D eigenvalue weighted by molar-refractivity contribution is 7.89. The maximum Gasteiger partial charge on any atom is 0.223 e. The van der Waals surface area contributed by atoms with Crippen LogP contribution in [-0.4, -0.2) is 55.5 Å². The Hall–Kier alpha value is -1.40. The summed E-state index contributed by atoms with van der Waals surface area (Å²) in [7, 11) is -1.52. The molecule has 0 aromatic heterocycles. The molecule has 0 radical (unpaired) electrons. The first-order valence-electron chi connectivity index (χ1n) is 8.96. The van der Waals surface area contributed by atoms with E-state index in [2.05, 4.69) is 26.0 Å². The summed E-state index contributed by atoms with van der Waals surface area (Å²) in [5, 5.41) is 0. The van der Waals surface area contributed by atoms with Crippen LogP contribution in [0.25, 0.3) is 0 Å². The lowest BCUT2D eigenvalue weighted by Gasteiger charge is -2.37. The third kappa shape index (κ3) is 4.82. The Kier molecular flexibility index (Phi) is 6.27. The molecule has 2 rings (SSSR count). The van der Waals surface area contributed by atoms with Crippen molar-refractivity contribution < 1.29 is 13.2 Å². The fraction of sp³-hybridized carbons (Fsp3) is 0.632. The quantitative estimate of drug-likeness (QED) is 0.778. The van der Waals surface area contributed by atoms with Gasteiger partial charge in [-0.25, -0.2) is 12.7 Å². The van der Waals surface area contributed by atoms with Gasteiger partial charge in [-0.1, -0.05) is 44.2 Å². The smallest absolute Gasteiger partial charge is 0.223 e. The molecule has 1 fully saturated rings. The normalized spacial score (nSPS) is 17.1. The first kappa shape index (κ1) is 19.9. The van der Waals surface area contributed by atoms with Gasteiger partial charge in [0.15, 0.2) is 0 Å². The van der Waals surface area contributed by atoms with Crippen molar-refractivity contribution in [2.45, 2.75) is 51.5 Å². The van der Waals surface area contributed by atoms with Crippen molar-refractivity contribution in [2.24, 2.45) is 0 Å². The minimum Gasteiger partial charge on any atom is -0.343 e. The SMILES string of the molecule is CCS(=O)(=O)N(C)C1CCN(C(=O)CC(C)(C)c2ccccc2)CC1. The van der Waals surface area contributed by atoms with Crippen LogP contribution < -0.4 is 0 Å². The first-order chi connectivity index (χ1) is 11.7. The highest BCUT2D eigenvalue weighted by Gasteiger charge is 2.32. The highest BCUT2D eigenvalue weighted by atomic mass is 32.2. The summed E-state index contributed by atoms with van der Waals surface area (Å²) >= 11 is 0. The molecule has 0 atom stereocenters. The molecule has 1 aliphatic heterocycles. The zero-order valence-corrected chi connectivity index (χ0v) is 16.6. The van der Waals surface area contributed by atoms with Gasteiger partial charge in [0.05, 0.1) is 5.75 Å². The maximum absolute atomic E-state index is 12.7. The van der Waals surface area contributed by atoms with Gasteiger partial charge in [-0.05, 0) is 30.7 Å². The van der Waals surface area contributed by atoms with Crippen molar-refractivity contribution in [3.05, 3.63) is 35.9 Å². The number of hydrogen-bond donors (Lipinski definition) is 0. The van der Waals surface area contributed by atoms with E-state index in [0.29, 0.717) is 32.4 Å². The minimum absolute atomic E-state index is 0.00358. The average Bonchev–Trinajstić information content (AvgIpc) is 2.61. The molecule has 1 amide bonds. The van der Waals surface area contributed by atoms with Crippen LogP contribution in [0.1, 0.15) is 45.6 Å². The standard InChI is InChI=1S/C19H30N2O3S/c1-5-25(23,24)20(4)17-11-13-21(14-12-17)18(22)15-19(2,3)16-9-7-6-8-10-16/h6-10,17H,5,11-15H2,1-4H3. The molecule has 0 saturated carbocycles. The number of hydrogen-bond acceptors (Lipinski definition) is 3. The molecule has 1 heterocycles. The lowest BCUT2D eigenvalue weighted by molar-refractivity contribution is -0.133. The Balaban J connectivity index is 1.93. The Morgan fingerprint density at radius 1 is 1.20 bits per heavy atom. The number of benzene rings is 1. The zero-order valence-electron chi connectivity index (χ0n) is 15.7. The third-order valence-electron chi connectivity index (χ3n) is 5.28. The van der Waals surface area contributed by atoms with E-state index in [1.54, 1.807) is 14.0 Å². The fourth-order valence-electron chi connectivity index (χ4n) is 3.39. The van der Waals surface area contributed by atoms with Crippen LogP contribution in [0.2, 0.25) is 0 Å². The lowest BCUT2D eigenvalue weighted by atomic mass is 9.81. The van der Waals surface area contributed by atoms with E-state index < -0.39 is 10.0 Å². The fourth-order valence-corrected chi connectivity index (χ4v) is 4.46. The van der Waals surface area contributed by atoms with Crippen molar-refractivity contribution in [2.75, 3.05) is 25.9 Å². The van der Waals surface area contributed by atoms with Gasteiger partial charge in [-0.15, -0.1) is 0 Å². The lowest BCUT2D eigenvalue weighted by Crippen LogP contribution is -2.48.